The summed E-state index contributed by atoms with van der Waals surface area (Å²) in [6, 6.07) is 0. The summed E-state index contributed by atoms with van der Waals surface area (Å²) in [5, 5.41) is 0. The van der Waals surface area contributed by atoms with Crippen molar-refractivity contribution in [1.29, 1.82) is 0 Å². The van der Waals surface area contributed by atoms with Crippen molar-refractivity contribution < 1.29 is 8.83 Å². The van der Waals surface area contributed by atoms with Gasteiger partial charge in [-0.1, -0.05) is 0 Å². The number of hydrogen-bond donors (Lipinski definition) is 0. The highest BCUT2D eigenvalue weighted by molar-refractivity contribution is 7.59. The molecule has 51 valence electrons. The Morgan fingerprint density at radius 2 is 2.00 bits per heavy atom. The van der Waals surface area contributed by atoms with Crippen molar-refractivity contribution in [3.63, 3.8) is 0 Å². The van der Waals surface area contributed by atoms with E-state index < -0.39 is 5.82 Å². The lowest BCUT2D eigenvalue weighted by Gasteiger charge is -1.74. The molecule has 4 heteroatoms. The Balaban J connectivity index is 0.000000640. The van der Waals surface area contributed by atoms with Gasteiger partial charge >= 0.3 is 5.82 Å². The van der Waals surface area contributed by atoms with Crippen LogP contribution in [0.3, 0.4) is 0 Å². The average molecular weight is 147 g/mol. The molecule has 0 saturated carbocycles. The zero-order chi connectivity index (χ0) is 6.15. The molecule has 1 heterocycles. The molecule has 0 aliphatic heterocycles. The first kappa shape index (κ1) is 8.36. The lowest BCUT2D eigenvalue weighted by atomic mass is 10.4. The zero-order valence-electron chi connectivity index (χ0n) is 4.93. The van der Waals surface area contributed by atoms with E-state index >= 15 is 0 Å². The monoisotopic (exact) mass is 147 g/mol. The third-order valence-corrected chi connectivity index (χ3v) is 0.836. The van der Waals surface area contributed by atoms with Gasteiger partial charge in [0, 0.05) is 6.92 Å². The second-order valence-electron chi connectivity index (χ2n) is 1.43. The molecule has 0 unspecified atom stereocenters. The predicted octanol–water partition coefficient (Wildman–Crippen LogP) is 0.836. The molecule has 1 radical (unpaired) electrons. The van der Waals surface area contributed by atoms with Crippen molar-refractivity contribution in [2.75, 3.05) is 0 Å². The fourth-order valence-corrected chi connectivity index (χ4v) is 0.375. The van der Waals surface area contributed by atoms with Crippen LogP contribution in [-0.4, -0.2) is 0 Å². The van der Waals surface area contributed by atoms with E-state index in [0.717, 1.165) is 0 Å². The summed E-state index contributed by atoms with van der Waals surface area (Å²) in [6.07, 6.45) is 0. The minimum atomic E-state index is -0.688. The normalized spacial score (nSPS) is 8.67. The molecule has 1 rings (SSSR count). The predicted molar refractivity (Wildman–Crippen MR) is 36.8 cm³/mol. The Labute approximate surface area is 59.1 Å². The maximum Gasteiger partial charge on any atom is 0.519 e. The molecule has 0 fully saturated rings. The van der Waals surface area contributed by atoms with E-state index in [-0.39, 0.29) is 13.5 Å². The first-order valence-corrected chi connectivity index (χ1v) is 2.12. The first-order chi connectivity index (χ1) is 3.70. The molecule has 0 saturated heterocycles. The minimum absolute atomic E-state index is 0. The fourth-order valence-electron chi connectivity index (χ4n) is 0.375. The van der Waals surface area contributed by atoms with Gasteiger partial charge in [-0.25, -0.2) is 4.79 Å². The largest absolute Gasteiger partial charge is 0.519 e. The summed E-state index contributed by atoms with van der Waals surface area (Å²) < 4.78 is 8.81. The molecule has 0 aromatic carbocycles. The van der Waals surface area contributed by atoms with Gasteiger partial charge in [0.05, 0.1) is 0 Å². The summed E-state index contributed by atoms with van der Waals surface area (Å²) in [7, 11) is 0. The van der Waals surface area contributed by atoms with Crippen LogP contribution in [0.4, 0.5) is 0 Å². The summed E-state index contributed by atoms with van der Waals surface area (Å²) >= 11 is 0. The Morgan fingerprint density at radius 1 is 1.44 bits per heavy atom. The second kappa shape index (κ2) is 2.77. The van der Waals surface area contributed by atoms with Crippen LogP contribution in [0.25, 0.3) is 0 Å². The van der Waals surface area contributed by atoms with Gasteiger partial charge in [0.25, 0.3) is 0 Å². The maximum atomic E-state index is 10.1. The highest BCUT2D eigenvalue weighted by Gasteiger charge is 1.99. The lowest BCUT2D eigenvalue weighted by molar-refractivity contribution is 0.375. The Bertz CT molecular complexity index is 212. The van der Waals surface area contributed by atoms with Gasteiger partial charge in [-0.3, -0.25) is 0 Å². The molecule has 1 aromatic heterocycles. The van der Waals surface area contributed by atoms with Crippen LogP contribution in [0.5, 0.6) is 0 Å². The summed E-state index contributed by atoms with van der Waals surface area (Å²) in [5.74, 6) is 0.0532. The molecule has 9 heavy (non-hydrogen) atoms. The number of aryl methyl sites for hydroxylation is 1. The minimum Gasteiger partial charge on any atom is -0.396 e. The standard InChI is InChI=1S/C5H5O3.H2S/c1-3-4(2)8-5(6)7-3;/h1H2,2H3;1H2. The highest BCUT2D eigenvalue weighted by atomic mass is 32.1. The van der Waals surface area contributed by atoms with E-state index in [1.807, 2.05) is 0 Å². The van der Waals surface area contributed by atoms with Crippen LogP contribution in [0.1, 0.15) is 11.5 Å². The summed E-state index contributed by atoms with van der Waals surface area (Å²) in [5.41, 5.74) is 0. The summed E-state index contributed by atoms with van der Waals surface area (Å²) in [4.78, 5) is 10.1. The third-order valence-electron chi connectivity index (χ3n) is 0.836. The summed E-state index contributed by atoms with van der Waals surface area (Å²) in [6.45, 7) is 5.00. The highest BCUT2D eigenvalue weighted by Crippen LogP contribution is 1.99. The molecule has 0 atom stereocenters. The van der Waals surface area contributed by atoms with Crippen molar-refractivity contribution in [2.45, 2.75) is 6.92 Å². The van der Waals surface area contributed by atoms with Crippen molar-refractivity contribution in [3.8, 4) is 0 Å². The van der Waals surface area contributed by atoms with Gasteiger partial charge in [0.1, 0.15) is 11.5 Å². The molecule has 0 aliphatic rings. The van der Waals surface area contributed by atoms with Crippen LogP contribution < -0.4 is 5.82 Å². The molecular formula is C5H7O3S. The van der Waals surface area contributed by atoms with E-state index in [1.54, 1.807) is 6.92 Å². The van der Waals surface area contributed by atoms with E-state index in [1.165, 1.54) is 0 Å². The lowest BCUT2D eigenvalue weighted by Crippen LogP contribution is -1.85. The molecule has 0 amide bonds. The van der Waals surface area contributed by atoms with Gasteiger partial charge < -0.3 is 8.83 Å². The first-order valence-electron chi connectivity index (χ1n) is 2.12. The van der Waals surface area contributed by atoms with Crippen LogP contribution in [0, 0.1) is 13.8 Å². The molecule has 0 N–H and O–H groups in total. The number of rotatable bonds is 0. The zero-order valence-corrected chi connectivity index (χ0v) is 5.93. The van der Waals surface area contributed by atoms with Crippen LogP contribution in [0.15, 0.2) is 13.6 Å². The van der Waals surface area contributed by atoms with Gasteiger partial charge in [0.2, 0.25) is 0 Å². The molecule has 0 bridgehead atoms. The van der Waals surface area contributed by atoms with E-state index in [0.29, 0.717) is 11.5 Å². The Hall–Kier alpha value is -0.640. The van der Waals surface area contributed by atoms with E-state index in [9.17, 15) is 4.79 Å². The quantitative estimate of drug-likeness (QED) is 0.546. The van der Waals surface area contributed by atoms with Gasteiger partial charge in [0.15, 0.2) is 0 Å². The topological polar surface area (TPSA) is 43.4 Å². The van der Waals surface area contributed by atoms with Crippen molar-refractivity contribution in [1.82, 2.24) is 0 Å². The molecular weight excluding hydrogens is 140 g/mol. The fraction of sp³-hybridized carbons (Fsp3) is 0.200. The molecule has 1 aromatic rings. The average Bonchev–Trinajstić information content (AvgIpc) is 1.85. The van der Waals surface area contributed by atoms with Gasteiger partial charge in [-0.15, -0.1) is 0 Å². The third kappa shape index (κ3) is 1.64. The SMILES string of the molecule is S.[CH2]c1oc(=O)oc1C. The van der Waals surface area contributed by atoms with E-state index in [4.69, 9.17) is 0 Å². The van der Waals surface area contributed by atoms with Crippen molar-refractivity contribution >= 4 is 13.5 Å². The second-order valence-corrected chi connectivity index (χ2v) is 1.43. The van der Waals surface area contributed by atoms with Gasteiger partial charge in [-0.05, 0) is 6.92 Å². The molecule has 0 spiro atoms. The maximum absolute atomic E-state index is 10.1. The van der Waals surface area contributed by atoms with Crippen molar-refractivity contribution in [3.05, 3.63) is 29.1 Å². The Morgan fingerprint density at radius 3 is 2.11 bits per heavy atom. The van der Waals surface area contributed by atoms with Crippen LogP contribution in [0.2, 0.25) is 0 Å². The smallest absolute Gasteiger partial charge is 0.396 e. The molecule has 3 nitrogen and oxygen atoms in total. The van der Waals surface area contributed by atoms with Crippen LogP contribution in [-0.2, 0) is 0 Å². The van der Waals surface area contributed by atoms with Gasteiger partial charge in [-0.2, -0.15) is 13.5 Å². The van der Waals surface area contributed by atoms with Crippen LogP contribution >= 0.6 is 13.5 Å². The van der Waals surface area contributed by atoms with Crippen molar-refractivity contribution in [2.24, 2.45) is 0 Å². The molecule has 0 aliphatic carbocycles. The Kier molecular flexibility index (Phi) is 2.58. The van der Waals surface area contributed by atoms with E-state index in [2.05, 4.69) is 15.8 Å². The number of hydrogen-bond acceptors (Lipinski definition) is 3.